The van der Waals surface area contributed by atoms with E-state index in [4.69, 9.17) is 4.74 Å². The average Bonchev–Trinajstić information content (AvgIpc) is 2.55. The monoisotopic (exact) mass is 276 g/mol. The van der Waals surface area contributed by atoms with Crippen LogP contribution >= 0.6 is 0 Å². The van der Waals surface area contributed by atoms with Crippen molar-refractivity contribution in [2.45, 2.75) is 6.42 Å². The maximum absolute atomic E-state index is 10.6. The first-order valence-corrected chi connectivity index (χ1v) is 7.01. The third-order valence-electron chi connectivity index (χ3n) is 3.49. The molecule has 0 amide bonds. The molecule has 0 N–H and O–H groups in total. The quantitative estimate of drug-likeness (QED) is 0.650. The standard InChI is InChI=1S/C19H16O2/c20-14-16-6-9-19(10-7-16)21-12-11-15-5-8-17-3-1-2-4-18(17)13-15/h1-10,13-14H,11-12H2. The number of fused-ring (bicyclic) bond motifs is 1. The molecule has 0 unspecified atom stereocenters. The Morgan fingerprint density at radius 1 is 0.857 bits per heavy atom. The van der Waals surface area contributed by atoms with Gasteiger partial charge in [-0.15, -0.1) is 0 Å². The molecule has 0 bridgehead atoms. The minimum Gasteiger partial charge on any atom is -0.493 e. The van der Waals surface area contributed by atoms with E-state index in [1.165, 1.54) is 16.3 Å². The summed E-state index contributed by atoms with van der Waals surface area (Å²) >= 11 is 0. The van der Waals surface area contributed by atoms with E-state index in [9.17, 15) is 4.79 Å². The molecule has 3 rings (SSSR count). The largest absolute Gasteiger partial charge is 0.493 e. The molecule has 0 atom stereocenters. The van der Waals surface area contributed by atoms with Gasteiger partial charge >= 0.3 is 0 Å². The highest BCUT2D eigenvalue weighted by atomic mass is 16.5. The van der Waals surface area contributed by atoms with Crippen LogP contribution < -0.4 is 4.74 Å². The highest BCUT2D eigenvalue weighted by Gasteiger charge is 1.98. The molecule has 104 valence electrons. The van der Waals surface area contributed by atoms with Crippen molar-refractivity contribution >= 4 is 17.1 Å². The van der Waals surface area contributed by atoms with Gasteiger partial charge in [-0.1, -0.05) is 42.5 Å². The lowest BCUT2D eigenvalue weighted by molar-refractivity contribution is 0.112. The van der Waals surface area contributed by atoms with Gasteiger partial charge < -0.3 is 4.74 Å². The molecule has 0 fully saturated rings. The Balaban J connectivity index is 1.61. The van der Waals surface area contributed by atoms with Gasteiger partial charge in [-0.3, -0.25) is 4.79 Å². The molecule has 0 aliphatic rings. The summed E-state index contributed by atoms with van der Waals surface area (Å²) in [7, 11) is 0. The lowest BCUT2D eigenvalue weighted by atomic mass is 10.1. The minimum atomic E-state index is 0.624. The Hall–Kier alpha value is -2.61. The van der Waals surface area contributed by atoms with E-state index >= 15 is 0 Å². The van der Waals surface area contributed by atoms with Crippen molar-refractivity contribution in [3.05, 3.63) is 77.9 Å². The summed E-state index contributed by atoms with van der Waals surface area (Å²) in [5, 5.41) is 2.51. The number of carbonyl (C=O) groups is 1. The van der Waals surface area contributed by atoms with Gasteiger partial charge in [0.15, 0.2) is 0 Å². The molecule has 0 heterocycles. The van der Waals surface area contributed by atoms with Crippen molar-refractivity contribution in [1.82, 2.24) is 0 Å². The maximum Gasteiger partial charge on any atom is 0.150 e. The van der Waals surface area contributed by atoms with Gasteiger partial charge in [-0.2, -0.15) is 0 Å². The Morgan fingerprint density at radius 3 is 2.38 bits per heavy atom. The molecule has 0 spiro atoms. The van der Waals surface area contributed by atoms with Crippen LogP contribution in [0.3, 0.4) is 0 Å². The summed E-state index contributed by atoms with van der Waals surface area (Å²) in [4.78, 5) is 10.6. The van der Waals surface area contributed by atoms with Crippen LogP contribution in [0.25, 0.3) is 10.8 Å². The lowest BCUT2D eigenvalue weighted by Gasteiger charge is -2.07. The van der Waals surface area contributed by atoms with Crippen LogP contribution in [0.4, 0.5) is 0 Å². The fraction of sp³-hybridized carbons (Fsp3) is 0.105. The molecular weight excluding hydrogens is 260 g/mol. The number of ether oxygens (including phenoxy) is 1. The Labute approximate surface area is 124 Å². The summed E-state index contributed by atoms with van der Waals surface area (Å²) in [6.07, 6.45) is 1.69. The second kappa shape index (κ2) is 6.23. The molecule has 21 heavy (non-hydrogen) atoms. The number of carbonyl (C=O) groups excluding carboxylic acids is 1. The second-order valence-corrected chi connectivity index (χ2v) is 4.97. The average molecular weight is 276 g/mol. The minimum absolute atomic E-state index is 0.624. The summed E-state index contributed by atoms with van der Waals surface area (Å²) in [6.45, 7) is 0.624. The van der Waals surface area contributed by atoms with Crippen molar-refractivity contribution < 1.29 is 9.53 Å². The van der Waals surface area contributed by atoms with Gasteiger partial charge in [-0.25, -0.2) is 0 Å². The predicted octanol–water partition coefficient (Wildman–Crippen LogP) is 4.27. The molecule has 0 aliphatic heterocycles. The first kappa shape index (κ1) is 13.4. The van der Waals surface area contributed by atoms with Gasteiger partial charge in [0, 0.05) is 12.0 Å². The van der Waals surface area contributed by atoms with E-state index in [0.717, 1.165) is 18.5 Å². The number of benzene rings is 3. The molecular formula is C19H16O2. The van der Waals surface area contributed by atoms with Gasteiger partial charge in [-0.05, 0) is 40.6 Å². The summed E-state index contributed by atoms with van der Waals surface area (Å²) < 4.78 is 5.71. The van der Waals surface area contributed by atoms with Crippen molar-refractivity contribution in [2.24, 2.45) is 0 Å². The Kier molecular flexibility index (Phi) is 3.97. The number of hydrogen-bond donors (Lipinski definition) is 0. The summed E-state index contributed by atoms with van der Waals surface area (Å²) in [6, 6.07) is 22.0. The smallest absolute Gasteiger partial charge is 0.150 e. The highest BCUT2D eigenvalue weighted by molar-refractivity contribution is 5.83. The van der Waals surface area contributed by atoms with E-state index < -0.39 is 0 Å². The van der Waals surface area contributed by atoms with Crippen LogP contribution in [0, 0.1) is 0 Å². The van der Waals surface area contributed by atoms with Crippen molar-refractivity contribution in [3.8, 4) is 5.75 Å². The fourth-order valence-electron chi connectivity index (χ4n) is 2.32. The molecule has 0 radical (unpaired) electrons. The summed E-state index contributed by atoms with van der Waals surface area (Å²) in [5.41, 5.74) is 1.93. The van der Waals surface area contributed by atoms with E-state index in [-0.39, 0.29) is 0 Å². The lowest BCUT2D eigenvalue weighted by Crippen LogP contribution is -2.01. The van der Waals surface area contributed by atoms with Gasteiger partial charge in [0.1, 0.15) is 12.0 Å². The molecule has 0 aliphatic carbocycles. The third kappa shape index (κ3) is 3.29. The zero-order valence-corrected chi connectivity index (χ0v) is 11.7. The first-order chi connectivity index (χ1) is 10.3. The SMILES string of the molecule is O=Cc1ccc(OCCc2ccc3ccccc3c2)cc1. The number of aldehydes is 1. The van der Waals surface area contributed by atoms with Crippen LogP contribution in [0.2, 0.25) is 0 Å². The molecule has 2 nitrogen and oxygen atoms in total. The third-order valence-corrected chi connectivity index (χ3v) is 3.49. The van der Waals surface area contributed by atoms with Crippen molar-refractivity contribution in [3.63, 3.8) is 0 Å². The zero-order valence-electron chi connectivity index (χ0n) is 11.7. The predicted molar refractivity (Wildman–Crippen MR) is 85.0 cm³/mol. The van der Waals surface area contributed by atoms with Crippen LogP contribution in [0.15, 0.2) is 66.7 Å². The molecule has 3 aromatic rings. The second-order valence-electron chi connectivity index (χ2n) is 4.97. The Morgan fingerprint density at radius 2 is 1.62 bits per heavy atom. The van der Waals surface area contributed by atoms with Crippen molar-refractivity contribution in [2.75, 3.05) is 6.61 Å². The van der Waals surface area contributed by atoms with Crippen molar-refractivity contribution in [1.29, 1.82) is 0 Å². The molecule has 3 aromatic carbocycles. The van der Waals surface area contributed by atoms with Crippen LogP contribution in [-0.2, 0) is 6.42 Å². The van der Waals surface area contributed by atoms with Crippen LogP contribution in [0.5, 0.6) is 5.75 Å². The van der Waals surface area contributed by atoms with Gasteiger partial charge in [0.25, 0.3) is 0 Å². The highest BCUT2D eigenvalue weighted by Crippen LogP contribution is 2.17. The van der Waals surface area contributed by atoms with E-state index in [1.807, 2.05) is 18.2 Å². The van der Waals surface area contributed by atoms with Crippen LogP contribution in [0.1, 0.15) is 15.9 Å². The first-order valence-electron chi connectivity index (χ1n) is 7.01. The maximum atomic E-state index is 10.6. The molecule has 0 aromatic heterocycles. The number of rotatable bonds is 5. The van der Waals surface area contributed by atoms with E-state index in [2.05, 4.69) is 36.4 Å². The van der Waals surface area contributed by atoms with Crippen LogP contribution in [-0.4, -0.2) is 12.9 Å². The fourth-order valence-corrected chi connectivity index (χ4v) is 2.32. The zero-order chi connectivity index (χ0) is 14.5. The topological polar surface area (TPSA) is 26.3 Å². The normalized spacial score (nSPS) is 10.5. The molecule has 0 saturated carbocycles. The molecule has 2 heteroatoms. The molecule has 0 saturated heterocycles. The summed E-state index contributed by atoms with van der Waals surface area (Å²) in [5.74, 6) is 0.793. The number of hydrogen-bond acceptors (Lipinski definition) is 2. The Bertz CT molecular complexity index is 745. The van der Waals surface area contributed by atoms with Gasteiger partial charge in [0.2, 0.25) is 0 Å². The van der Waals surface area contributed by atoms with E-state index in [0.29, 0.717) is 12.2 Å². The van der Waals surface area contributed by atoms with Gasteiger partial charge in [0.05, 0.1) is 6.61 Å². The van der Waals surface area contributed by atoms with E-state index in [1.54, 1.807) is 12.1 Å².